The lowest BCUT2D eigenvalue weighted by atomic mass is 9.59. The van der Waals surface area contributed by atoms with Crippen molar-refractivity contribution in [3.8, 4) is 5.75 Å². The van der Waals surface area contributed by atoms with Gasteiger partial charge in [-0.1, -0.05) is 20.3 Å². The third-order valence-electron chi connectivity index (χ3n) is 6.76. The molecule has 0 aliphatic carbocycles. The van der Waals surface area contributed by atoms with E-state index >= 15 is 0 Å². The summed E-state index contributed by atoms with van der Waals surface area (Å²) in [6, 6.07) is 6.21. The van der Waals surface area contributed by atoms with Gasteiger partial charge in [0.15, 0.2) is 0 Å². The summed E-state index contributed by atoms with van der Waals surface area (Å²) in [4.78, 5) is 21.7. The van der Waals surface area contributed by atoms with Gasteiger partial charge in [0.2, 0.25) is 0 Å². The molecule has 4 aliphatic rings. The smallest absolute Gasteiger partial charge is 0.150 e. The summed E-state index contributed by atoms with van der Waals surface area (Å²) in [5.74, 6) is 1.40. The van der Waals surface area contributed by atoms with Crippen LogP contribution in [0.25, 0.3) is 10.9 Å². The van der Waals surface area contributed by atoms with Gasteiger partial charge in [0.1, 0.15) is 11.5 Å². The lowest BCUT2D eigenvalue weighted by Crippen LogP contribution is -2.76. The zero-order valence-electron chi connectivity index (χ0n) is 15.8. The van der Waals surface area contributed by atoms with Crippen molar-refractivity contribution in [2.75, 3.05) is 33.3 Å². The fraction of sp³-hybridized carbons (Fsp3) is 0.571. The molecule has 5 heterocycles. The zero-order valence-corrected chi connectivity index (χ0v) is 15.8. The third-order valence-corrected chi connectivity index (χ3v) is 6.76. The molecule has 0 spiro atoms. The molecule has 1 aromatic heterocycles. The van der Waals surface area contributed by atoms with Gasteiger partial charge in [0, 0.05) is 48.8 Å². The Morgan fingerprint density at radius 2 is 1.96 bits per heavy atom. The summed E-state index contributed by atoms with van der Waals surface area (Å²) < 4.78 is 5.44. The van der Waals surface area contributed by atoms with E-state index < -0.39 is 0 Å². The van der Waals surface area contributed by atoms with Crippen molar-refractivity contribution in [1.29, 1.82) is 0 Å². The Labute approximate surface area is 154 Å². The van der Waals surface area contributed by atoms with E-state index in [0.29, 0.717) is 5.78 Å². The van der Waals surface area contributed by atoms with E-state index in [-0.39, 0.29) is 17.0 Å². The molecule has 138 valence electrons. The highest BCUT2D eigenvalue weighted by atomic mass is 16.5. The van der Waals surface area contributed by atoms with Gasteiger partial charge in [-0.05, 0) is 24.6 Å². The van der Waals surface area contributed by atoms with Crippen molar-refractivity contribution in [3.63, 3.8) is 0 Å². The van der Waals surface area contributed by atoms with Crippen LogP contribution < -0.4 is 4.74 Å². The van der Waals surface area contributed by atoms with Gasteiger partial charge < -0.3 is 9.72 Å². The predicted molar refractivity (Wildman–Crippen MR) is 101 cm³/mol. The average molecular weight is 353 g/mol. The van der Waals surface area contributed by atoms with E-state index in [4.69, 9.17) is 4.74 Å². The molecular formula is C21H27N3O2. The van der Waals surface area contributed by atoms with Gasteiger partial charge >= 0.3 is 0 Å². The Morgan fingerprint density at radius 1 is 1.23 bits per heavy atom. The van der Waals surface area contributed by atoms with Crippen LogP contribution in [0.3, 0.4) is 0 Å². The van der Waals surface area contributed by atoms with Crippen molar-refractivity contribution in [3.05, 3.63) is 30.0 Å². The predicted octanol–water partition coefficient (Wildman–Crippen LogP) is 3.18. The first kappa shape index (κ1) is 16.3. The number of nitrogens with zero attached hydrogens (tertiary/aromatic N) is 2. The van der Waals surface area contributed by atoms with Crippen LogP contribution in [0.1, 0.15) is 38.4 Å². The quantitative estimate of drug-likeness (QED) is 0.917. The summed E-state index contributed by atoms with van der Waals surface area (Å²) in [7, 11) is 1.71. The Morgan fingerprint density at radius 3 is 2.62 bits per heavy atom. The van der Waals surface area contributed by atoms with Gasteiger partial charge in [-0.25, -0.2) is 0 Å². The number of piperidine rings is 2. The number of H-pyrrole nitrogens is 1. The molecule has 2 atom stereocenters. The second-order valence-electron chi connectivity index (χ2n) is 8.76. The lowest BCUT2D eigenvalue weighted by Gasteiger charge is -2.65. The largest absolute Gasteiger partial charge is 0.497 e. The molecule has 6 rings (SSSR count). The summed E-state index contributed by atoms with van der Waals surface area (Å²) in [5.41, 5.74) is 2.06. The van der Waals surface area contributed by atoms with E-state index in [1.54, 1.807) is 7.11 Å². The van der Waals surface area contributed by atoms with E-state index in [0.717, 1.165) is 50.3 Å². The number of aromatic amines is 1. The second kappa shape index (κ2) is 5.33. The highest BCUT2D eigenvalue weighted by Crippen LogP contribution is 2.54. The van der Waals surface area contributed by atoms with Crippen molar-refractivity contribution < 1.29 is 9.53 Å². The Balaban J connectivity index is 1.58. The number of rotatable bonds is 4. The number of ketones is 1. The van der Waals surface area contributed by atoms with Gasteiger partial charge in [0.05, 0.1) is 24.1 Å². The first-order valence-electron chi connectivity index (χ1n) is 9.68. The SMILES string of the molecule is CCCC12CN3CC(C)(CN(C1)C3c1c[nH]c3ccc(OC)cc13)C2=O. The number of hydrogen-bond donors (Lipinski definition) is 1. The van der Waals surface area contributed by atoms with Crippen LogP contribution in [-0.2, 0) is 4.79 Å². The number of fused-ring (bicyclic) bond motifs is 1. The molecule has 4 bridgehead atoms. The lowest BCUT2D eigenvalue weighted by molar-refractivity contribution is -0.201. The molecule has 1 N–H and O–H groups in total. The highest BCUT2D eigenvalue weighted by Gasteiger charge is 2.63. The molecule has 0 amide bonds. The number of Topliss-reactive ketones (excluding diaryl/α,β-unsaturated/α-hetero) is 1. The number of nitrogens with one attached hydrogen (secondary N) is 1. The number of carbonyl (C=O) groups is 1. The standard InChI is InChI=1S/C21H27N3O2/c1-4-7-21-12-23-10-20(2,19(21)25)11-24(13-21)18(23)16-9-22-17-6-5-14(26-3)8-15(16)17/h5-6,8-9,18,22H,4,7,10-13H2,1-3H3. The topological polar surface area (TPSA) is 48.6 Å². The minimum absolute atomic E-state index is 0.166. The summed E-state index contributed by atoms with van der Waals surface area (Å²) in [5, 5.41) is 1.22. The average Bonchev–Trinajstić information content (AvgIpc) is 3.02. The third kappa shape index (κ3) is 2.01. The van der Waals surface area contributed by atoms with Gasteiger partial charge in [-0.15, -0.1) is 0 Å². The fourth-order valence-electron chi connectivity index (χ4n) is 6.00. The van der Waals surface area contributed by atoms with Crippen LogP contribution >= 0.6 is 0 Å². The minimum atomic E-state index is -0.216. The number of methoxy groups -OCH3 is 1. The van der Waals surface area contributed by atoms with Gasteiger partial charge in [0.25, 0.3) is 0 Å². The van der Waals surface area contributed by atoms with E-state index in [9.17, 15) is 4.79 Å². The fourth-order valence-corrected chi connectivity index (χ4v) is 6.00. The van der Waals surface area contributed by atoms with Crippen molar-refractivity contribution in [1.82, 2.24) is 14.8 Å². The maximum absolute atomic E-state index is 13.2. The van der Waals surface area contributed by atoms with Crippen molar-refractivity contribution >= 4 is 16.7 Å². The molecule has 26 heavy (non-hydrogen) atoms. The van der Waals surface area contributed by atoms with Crippen molar-refractivity contribution in [2.24, 2.45) is 10.8 Å². The zero-order chi connectivity index (χ0) is 18.1. The first-order valence-corrected chi connectivity index (χ1v) is 9.68. The molecular weight excluding hydrogens is 326 g/mol. The van der Waals surface area contributed by atoms with Crippen LogP contribution in [0.15, 0.2) is 24.4 Å². The molecule has 4 fully saturated rings. The molecule has 2 aromatic rings. The number of carbonyl (C=O) groups excluding carboxylic acids is 1. The number of hydrogen-bond acceptors (Lipinski definition) is 4. The van der Waals surface area contributed by atoms with Crippen LogP contribution in [0.5, 0.6) is 5.75 Å². The molecule has 2 unspecified atom stereocenters. The second-order valence-corrected chi connectivity index (χ2v) is 8.76. The first-order chi connectivity index (χ1) is 12.5. The van der Waals surface area contributed by atoms with Crippen LogP contribution in [0.4, 0.5) is 0 Å². The Hall–Kier alpha value is -1.85. The number of benzene rings is 1. The van der Waals surface area contributed by atoms with E-state index in [2.05, 4.69) is 47.0 Å². The Kier molecular flexibility index (Phi) is 3.35. The van der Waals surface area contributed by atoms with Crippen molar-refractivity contribution in [2.45, 2.75) is 32.9 Å². The van der Waals surface area contributed by atoms with E-state index in [1.165, 1.54) is 10.9 Å². The molecule has 1 aromatic carbocycles. The van der Waals surface area contributed by atoms with Crippen LogP contribution in [-0.4, -0.2) is 53.9 Å². The molecule has 0 saturated carbocycles. The highest BCUT2D eigenvalue weighted by molar-refractivity contribution is 5.93. The monoisotopic (exact) mass is 353 g/mol. The maximum Gasteiger partial charge on any atom is 0.150 e. The molecule has 4 saturated heterocycles. The normalized spacial score (nSPS) is 38.3. The summed E-state index contributed by atoms with van der Waals surface area (Å²) >= 11 is 0. The minimum Gasteiger partial charge on any atom is -0.497 e. The maximum atomic E-state index is 13.2. The summed E-state index contributed by atoms with van der Waals surface area (Å²) in [6.07, 6.45) is 4.47. The van der Waals surface area contributed by atoms with Crippen LogP contribution in [0.2, 0.25) is 0 Å². The van der Waals surface area contributed by atoms with Crippen LogP contribution in [0, 0.1) is 10.8 Å². The number of ether oxygens (including phenoxy) is 1. The van der Waals surface area contributed by atoms with Gasteiger partial charge in [-0.3, -0.25) is 14.6 Å². The number of aromatic nitrogens is 1. The molecule has 4 aliphatic heterocycles. The Bertz CT molecular complexity index is 871. The summed E-state index contributed by atoms with van der Waals surface area (Å²) in [6.45, 7) is 7.90. The van der Waals surface area contributed by atoms with E-state index in [1.807, 2.05) is 6.07 Å². The molecule has 5 heteroatoms. The van der Waals surface area contributed by atoms with Gasteiger partial charge in [-0.2, -0.15) is 0 Å². The molecule has 0 radical (unpaired) electrons. The molecule has 5 nitrogen and oxygen atoms in total.